The summed E-state index contributed by atoms with van der Waals surface area (Å²) >= 11 is 0. The van der Waals surface area contributed by atoms with Gasteiger partial charge in [-0.2, -0.15) is 0 Å². The second-order valence-electron chi connectivity index (χ2n) is 6.77. The Morgan fingerprint density at radius 1 is 1.07 bits per heavy atom. The van der Waals surface area contributed by atoms with Gasteiger partial charge in [-0.3, -0.25) is 19.2 Å². The Kier molecular flexibility index (Phi) is 6.63. The van der Waals surface area contributed by atoms with Crippen LogP contribution >= 0.6 is 0 Å². The summed E-state index contributed by atoms with van der Waals surface area (Å²) < 4.78 is 32.8. The predicted molar refractivity (Wildman–Crippen MR) is 110 cm³/mol. The molecule has 0 aliphatic carbocycles. The van der Waals surface area contributed by atoms with Gasteiger partial charge in [0.05, 0.1) is 22.1 Å². The maximum absolute atomic E-state index is 13.4. The Bertz CT molecular complexity index is 1040. The van der Waals surface area contributed by atoms with Crippen molar-refractivity contribution in [2.24, 2.45) is 0 Å². The monoisotopic (exact) mass is 420 g/mol. The van der Waals surface area contributed by atoms with Crippen LogP contribution in [-0.4, -0.2) is 32.5 Å². The van der Waals surface area contributed by atoms with Crippen LogP contribution in [0.5, 0.6) is 0 Å². The first-order valence-electron chi connectivity index (χ1n) is 9.00. The van der Waals surface area contributed by atoms with Crippen LogP contribution in [0.4, 0.5) is 11.4 Å². The van der Waals surface area contributed by atoms with E-state index in [0.29, 0.717) is 22.4 Å². The van der Waals surface area contributed by atoms with Crippen LogP contribution in [0.3, 0.4) is 0 Å². The molecule has 9 heteroatoms. The molecule has 0 fully saturated rings. The molecule has 0 saturated carbocycles. The van der Waals surface area contributed by atoms with Crippen molar-refractivity contribution in [3.05, 3.63) is 62.7 Å². The molecule has 156 valence electrons. The van der Waals surface area contributed by atoms with E-state index < -0.39 is 27.5 Å². The van der Waals surface area contributed by atoms with Crippen LogP contribution in [-0.2, 0) is 19.6 Å². The molecule has 0 bridgehead atoms. The molecule has 0 aliphatic rings. The van der Waals surface area contributed by atoms with Crippen molar-refractivity contribution < 1.29 is 22.9 Å². The molecular weight excluding hydrogens is 396 g/mol. The summed E-state index contributed by atoms with van der Waals surface area (Å²) in [5.74, 6) is -0.711. The molecule has 8 nitrogen and oxygen atoms in total. The Labute approximate surface area is 170 Å². The minimum atomic E-state index is -4.27. The number of nitrogens with zero attached hydrogens (tertiary/aromatic N) is 2. The molecule has 0 N–H and O–H groups in total. The summed E-state index contributed by atoms with van der Waals surface area (Å²) in [7, 11) is -4.27. The van der Waals surface area contributed by atoms with E-state index >= 15 is 0 Å². The predicted octanol–water partition coefficient (Wildman–Crippen LogP) is 3.59. The second-order valence-corrected chi connectivity index (χ2v) is 8.63. The quantitative estimate of drug-likeness (QED) is 0.385. The first kappa shape index (κ1) is 22.4. The first-order valence-corrected chi connectivity index (χ1v) is 10.4. The summed E-state index contributed by atoms with van der Waals surface area (Å²) in [6.07, 6.45) is 0. The zero-order chi connectivity index (χ0) is 21.9. The summed E-state index contributed by atoms with van der Waals surface area (Å²) in [5, 5.41) is 11.3. The fraction of sp³-hybridized carbons (Fsp3) is 0.350. The number of rotatable bonds is 7. The summed E-state index contributed by atoms with van der Waals surface area (Å²) in [5.41, 5.74) is 2.66. The molecule has 2 aromatic rings. The number of esters is 1. The molecule has 0 spiro atoms. The SMILES string of the molecule is CCOC(=O)CN(c1c(C)cc(C)cc1C)S(=O)(=O)c1ccc(C)c([N+](=O)[O-])c1. The van der Waals surface area contributed by atoms with Gasteiger partial charge in [0, 0.05) is 11.6 Å². The van der Waals surface area contributed by atoms with Gasteiger partial charge in [-0.15, -0.1) is 0 Å². The number of hydrogen-bond donors (Lipinski definition) is 0. The number of hydrogen-bond acceptors (Lipinski definition) is 6. The molecule has 0 aliphatic heterocycles. The van der Waals surface area contributed by atoms with Crippen molar-refractivity contribution in [1.82, 2.24) is 0 Å². The fourth-order valence-corrected chi connectivity index (χ4v) is 4.81. The summed E-state index contributed by atoms with van der Waals surface area (Å²) in [4.78, 5) is 22.6. The molecular formula is C20H24N2O6S. The number of carbonyl (C=O) groups is 1. The van der Waals surface area contributed by atoms with Crippen LogP contribution < -0.4 is 4.31 Å². The number of sulfonamides is 1. The van der Waals surface area contributed by atoms with Gasteiger partial charge < -0.3 is 4.74 Å². The van der Waals surface area contributed by atoms with Gasteiger partial charge in [0.2, 0.25) is 0 Å². The molecule has 2 aromatic carbocycles. The molecule has 0 atom stereocenters. The number of nitro groups is 1. The molecule has 0 radical (unpaired) electrons. The van der Waals surface area contributed by atoms with E-state index in [4.69, 9.17) is 4.74 Å². The highest BCUT2D eigenvalue weighted by atomic mass is 32.2. The fourth-order valence-electron chi connectivity index (χ4n) is 3.25. The van der Waals surface area contributed by atoms with E-state index in [1.165, 1.54) is 19.1 Å². The smallest absolute Gasteiger partial charge is 0.326 e. The highest BCUT2D eigenvalue weighted by Crippen LogP contribution is 2.32. The highest BCUT2D eigenvalue weighted by Gasteiger charge is 2.31. The molecule has 0 amide bonds. The third-order valence-electron chi connectivity index (χ3n) is 4.43. The van der Waals surface area contributed by atoms with E-state index in [9.17, 15) is 23.3 Å². The van der Waals surface area contributed by atoms with Crippen molar-refractivity contribution in [2.75, 3.05) is 17.5 Å². The number of nitro benzene ring substituents is 1. The van der Waals surface area contributed by atoms with Crippen molar-refractivity contribution in [3.63, 3.8) is 0 Å². The Morgan fingerprint density at radius 3 is 2.17 bits per heavy atom. The maximum Gasteiger partial charge on any atom is 0.326 e. The molecule has 0 aromatic heterocycles. The van der Waals surface area contributed by atoms with Gasteiger partial charge in [0.25, 0.3) is 15.7 Å². The van der Waals surface area contributed by atoms with Crippen molar-refractivity contribution in [3.8, 4) is 0 Å². The highest BCUT2D eigenvalue weighted by molar-refractivity contribution is 7.92. The van der Waals surface area contributed by atoms with E-state index in [1.807, 2.05) is 19.1 Å². The lowest BCUT2D eigenvalue weighted by molar-refractivity contribution is -0.385. The molecule has 2 rings (SSSR count). The standard InChI is InChI=1S/C20H24N2O6S/c1-6-28-19(23)12-21(20-15(4)9-13(2)10-16(20)5)29(26,27)17-8-7-14(3)18(11-17)22(24)25/h7-11H,6,12H2,1-5H3. The van der Waals surface area contributed by atoms with Gasteiger partial charge in [-0.1, -0.05) is 23.8 Å². The number of aryl methyl sites for hydroxylation is 4. The zero-order valence-corrected chi connectivity index (χ0v) is 17.9. The van der Waals surface area contributed by atoms with Crippen LogP contribution in [0.2, 0.25) is 0 Å². The zero-order valence-electron chi connectivity index (χ0n) is 17.1. The normalized spacial score (nSPS) is 11.2. The van der Waals surface area contributed by atoms with Crippen LogP contribution in [0, 0.1) is 37.8 Å². The number of ether oxygens (including phenoxy) is 1. The first-order chi connectivity index (χ1) is 13.5. The van der Waals surface area contributed by atoms with E-state index in [0.717, 1.165) is 15.9 Å². The lowest BCUT2D eigenvalue weighted by Gasteiger charge is -2.27. The van der Waals surface area contributed by atoms with Gasteiger partial charge in [0.15, 0.2) is 0 Å². The minimum Gasteiger partial charge on any atom is -0.465 e. The van der Waals surface area contributed by atoms with Crippen LogP contribution in [0.1, 0.15) is 29.2 Å². The largest absolute Gasteiger partial charge is 0.465 e. The van der Waals surface area contributed by atoms with E-state index in [2.05, 4.69) is 0 Å². The number of anilines is 1. The van der Waals surface area contributed by atoms with Crippen LogP contribution in [0.25, 0.3) is 0 Å². The maximum atomic E-state index is 13.4. The van der Waals surface area contributed by atoms with Crippen molar-refractivity contribution >= 4 is 27.4 Å². The average molecular weight is 420 g/mol. The number of benzene rings is 2. The average Bonchev–Trinajstić information content (AvgIpc) is 2.60. The summed E-state index contributed by atoms with van der Waals surface area (Å²) in [6, 6.07) is 7.32. The van der Waals surface area contributed by atoms with E-state index in [1.54, 1.807) is 20.8 Å². The molecule has 0 saturated heterocycles. The van der Waals surface area contributed by atoms with Gasteiger partial charge in [-0.25, -0.2) is 8.42 Å². The van der Waals surface area contributed by atoms with Gasteiger partial charge in [-0.05, 0) is 51.8 Å². The lowest BCUT2D eigenvalue weighted by Crippen LogP contribution is -2.37. The van der Waals surface area contributed by atoms with Crippen molar-refractivity contribution in [1.29, 1.82) is 0 Å². The molecule has 0 heterocycles. The van der Waals surface area contributed by atoms with Crippen molar-refractivity contribution in [2.45, 2.75) is 39.5 Å². The van der Waals surface area contributed by atoms with E-state index in [-0.39, 0.29) is 17.2 Å². The molecule has 29 heavy (non-hydrogen) atoms. The Balaban J connectivity index is 2.70. The lowest BCUT2D eigenvalue weighted by atomic mass is 10.1. The minimum absolute atomic E-state index is 0.106. The third kappa shape index (κ3) is 4.73. The Hall–Kier alpha value is -2.94. The Morgan fingerprint density at radius 2 is 1.66 bits per heavy atom. The van der Waals surface area contributed by atoms with Crippen LogP contribution in [0.15, 0.2) is 35.2 Å². The van der Waals surface area contributed by atoms with Gasteiger partial charge in [0.1, 0.15) is 6.54 Å². The van der Waals surface area contributed by atoms with Gasteiger partial charge >= 0.3 is 5.97 Å². The topological polar surface area (TPSA) is 107 Å². The second kappa shape index (κ2) is 8.60. The number of carbonyl (C=O) groups excluding carboxylic acids is 1. The summed E-state index contributed by atoms with van der Waals surface area (Å²) in [6.45, 7) is 8.11. The third-order valence-corrected chi connectivity index (χ3v) is 6.17. The molecule has 0 unspecified atom stereocenters.